The van der Waals surface area contributed by atoms with Crippen LogP contribution in [0.1, 0.15) is 55.0 Å². The van der Waals surface area contributed by atoms with Crippen molar-refractivity contribution in [3.05, 3.63) is 79.9 Å². The van der Waals surface area contributed by atoms with Gasteiger partial charge in [-0.1, -0.05) is 44.5 Å². The molecule has 2 aromatic carbocycles. The summed E-state index contributed by atoms with van der Waals surface area (Å²) in [4.78, 5) is 50.1. The Morgan fingerprint density at radius 1 is 1.02 bits per heavy atom. The lowest BCUT2D eigenvalue weighted by Crippen LogP contribution is -2.49. The Kier molecular flexibility index (Phi) is 8.58. The second-order valence-electron chi connectivity index (χ2n) is 11.2. The summed E-state index contributed by atoms with van der Waals surface area (Å²) in [6, 6.07) is 7.74. The number of aliphatic carboxylic acids is 1. The smallest absolute Gasteiger partial charge is 0.340 e. The van der Waals surface area contributed by atoms with Crippen LogP contribution in [0.5, 0.6) is 0 Å². The zero-order chi connectivity index (χ0) is 30.1. The Bertz CT molecular complexity index is 1690. The van der Waals surface area contributed by atoms with E-state index in [0.717, 1.165) is 16.5 Å². The van der Waals surface area contributed by atoms with Crippen molar-refractivity contribution < 1.29 is 28.3 Å². The molecule has 2 heterocycles. The zero-order valence-corrected chi connectivity index (χ0v) is 24.4. The fraction of sp³-hybridized carbons (Fsp3) is 0.355. The maximum Gasteiger partial charge on any atom is 0.340 e. The summed E-state index contributed by atoms with van der Waals surface area (Å²) in [7, 11) is 0. The van der Waals surface area contributed by atoms with Crippen molar-refractivity contribution >= 4 is 51.3 Å². The maximum absolute atomic E-state index is 13.2. The molecule has 4 rings (SSSR count). The van der Waals surface area contributed by atoms with Gasteiger partial charge >= 0.3 is 11.6 Å². The standard InChI is InChI=1S/C31H33ClN2O7/c1-16-20-13-22-23(31(3,4)5)15-40-27(22)17(2)28(20)41-30(39)21(16)14-25(35)34-24(29(38)33-11-10-26(36)37)12-18-6-8-19(32)9-7-18/h6-9,13,15,24H,10-12,14H2,1-5H3,(H,33,38)(H,34,35)(H,36,37)/t24-/m1/s1. The molecule has 3 N–H and O–H groups in total. The highest BCUT2D eigenvalue weighted by atomic mass is 35.5. The number of aryl methyl sites for hydroxylation is 2. The Labute approximate surface area is 241 Å². The summed E-state index contributed by atoms with van der Waals surface area (Å²) < 4.78 is 11.5. The molecule has 0 saturated carbocycles. The zero-order valence-electron chi connectivity index (χ0n) is 23.6. The molecule has 9 nitrogen and oxygen atoms in total. The van der Waals surface area contributed by atoms with Crippen LogP contribution in [-0.2, 0) is 32.6 Å². The van der Waals surface area contributed by atoms with E-state index in [1.165, 1.54) is 0 Å². The largest absolute Gasteiger partial charge is 0.481 e. The third-order valence-corrected chi connectivity index (χ3v) is 7.38. The van der Waals surface area contributed by atoms with E-state index in [-0.39, 0.29) is 36.8 Å². The molecule has 0 saturated heterocycles. The number of amides is 2. The topological polar surface area (TPSA) is 139 Å². The maximum atomic E-state index is 13.2. The Hall–Kier alpha value is -4.11. The van der Waals surface area contributed by atoms with Crippen LogP contribution in [-0.4, -0.2) is 35.5 Å². The molecule has 2 amide bonds. The summed E-state index contributed by atoms with van der Waals surface area (Å²) in [6.07, 6.45) is 1.30. The van der Waals surface area contributed by atoms with E-state index in [9.17, 15) is 19.2 Å². The molecule has 41 heavy (non-hydrogen) atoms. The lowest BCUT2D eigenvalue weighted by atomic mass is 9.86. The SMILES string of the molecule is Cc1c(CC(=O)N[C@H](Cc2ccc(Cl)cc2)C(=O)NCCC(=O)O)c(=O)oc2c(C)c3occ(C(C)(C)C)c3cc12. The van der Waals surface area contributed by atoms with Crippen LogP contribution >= 0.6 is 11.6 Å². The highest BCUT2D eigenvalue weighted by Gasteiger charge is 2.26. The molecule has 0 radical (unpaired) electrons. The van der Waals surface area contributed by atoms with Crippen molar-refractivity contribution in [1.29, 1.82) is 0 Å². The first-order chi connectivity index (χ1) is 19.3. The lowest BCUT2D eigenvalue weighted by Gasteiger charge is -2.19. The van der Waals surface area contributed by atoms with Crippen LogP contribution in [0.3, 0.4) is 0 Å². The molecule has 0 aliphatic rings. The van der Waals surface area contributed by atoms with Crippen LogP contribution in [0.2, 0.25) is 5.02 Å². The third kappa shape index (κ3) is 6.62. The normalized spacial score (nSPS) is 12.4. The minimum absolute atomic E-state index is 0.0904. The second kappa shape index (κ2) is 11.8. The number of hydrogen-bond acceptors (Lipinski definition) is 6. The summed E-state index contributed by atoms with van der Waals surface area (Å²) in [5.74, 6) is -2.15. The van der Waals surface area contributed by atoms with Crippen molar-refractivity contribution in [1.82, 2.24) is 10.6 Å². The van der Waals surface area contributed by atoms with Crippen molar-refractivity contribution in [2.45, 2.75) is 65.3 Å². The molecule has 216 valence electrons. The second-order valence-corrected chi connectivity index (χ2v) is 11.6. The van der Waals surface area contributed by atoms with E-state index >= 15 is 0 Å². The summed E-state index contributed by atoms with van der Waals surface area (Å²) >= 11 is 5.97. The first kappa shape index (κ1) is 29.9. The number of rotatable bonds is 9. The number of carbonyl (C=O) groups is 3. The number of hydrogen-bond donors (Lipinski definition) is 3. The van der Waals surface area contributed by atoms with E-state index < -0.39 is 29.5 Å². The Morgan fingerprint density at radius 2 is 1.71 bits per heavy atom. The minimum atomic E-state index is -1.06. The van der Waals surface area contributed by atoms with Gasteiger partial charge < -0.3 is 24.6 Å². The molecule has 0 spiro atoms. The summed E-state index contributed by atoms with van der Waals surface area (Å²) in [5, 5.41) is 16.3. The first-order valence-corrected chi connectivity index (χ1v) is 13.6. The number of carboxylic acids is 1. The molecule has 2 aromatic heterocycles. The van der Waals surface area contributed by atoms with Gasteiger partial charge in [0.25, 0.3) is 0 Å². The van der Waals surface area contributed by atoms with Gasteiger partial charge in [0.05, 0.1) is 24.7 Å². The number of carboxylic acid groups (broad SMARTS) is 1. The molecule has 1 atom stereocenters. The molecule has 0 aliphatic heterocycles. The van der Waals surface area contributed by atoms with Crippen LogP contribution in [0.15, 0.2) is 50.2 Å². The highest BCUT2D eigenvalue weighted by molar-refractivity contribution is 6.30. The number of fused-ring (bicyclic) bond motifs is 2. The molecular weight excluding hydrogens is 548 g/mol. The fourth-order valence-corrected chi connectivity index (χ4v) is 4.99. The van der Waals surface area contributed by atoms with Gasteiger partial charge in [-0.05, 0) is 48.6 Å². The number of nitrogens with one attached hydrogen (secondary N) is 2. The minimum Gasteiger partial charge on any atom is -0.481 e. The Morgan fingerprint density at radius 3 is 2.34 bits per heavy atom. The van der Waals surface area contributed by atoms with Crippen molar-refractivity contribution in [2.24, 2.45) is 0 Å². The number of furan rings is 1. The van der Waals surface area contributed by atoms with Crippen molar-refractivity contribution in [2.75, 3.05) is 6.54 Å². The van der Waals surface area contributed by atoms with E-state index in [0.29, 0.717) is 32.7 Å². The molecule has 4 aromatic rings. The van der Waals surface area contributed by atoms with E-state index in [1.807, 2.05) is 13.0 Å². The first-order valence-electron chi connectivity index (χ1n) is 13.3. The van der Waals surface area contributed by atoms with Crippen LogP contribution in [0.25, 0.3) is 21.9 Å². The van der Waals surface area contributed by atoms with E-state index in [1.54, 1.807) is 37.5 Å². The number of benzene rings is 2. The molecule has 0 unspecified atom stereocenters. The molecule has 10 heteroatoms. The molecule has 0 aliphatic carbocycles. The Balaban J connectivity index is 1.64. The number of halogens is 1. The summed E-state index contributed by atoms with van der Waals surface area (Å²) in [5.41, 5.74) is 3.48. The molecule has 0 bridgehead atoms. The quantitative estimate of drug-likeness (QED) is 0.238. The van der Waals surface area contributed by atoms with Gasteiger partial charge in [0, 0.05) is 39.9 Å². The number of carbonyl (C=O) groups excluding carboxylic acids is 2. The average molecular weight is 581 g/mol. The van der Waals surface area contributed by atoms with Gasteiger partial charge in [-0.25, -0.2) is 4.79 Å². The molecular formula is C31H33ClN2O7. The van der Waals surface area contributed by atoms with Gasteiger partial charge in [-0.15, -0.1) is 0 Å². The van der Waals surface area contributed by atoms with E-state index in [2.05, 4.69) is 31.4 Å². The van der Waals surface area contributed by atoms with Gasteiger partial charge in [0.15, 0.2) is 0 Å². The van der Waals surface area contributed by atoms with Crippen molar-refractivity contribution in [3.63, 3.8) is 0 Å². The van der Waals surface area contributed by atoms with Crippen LogP contribution in [0.4, 0.5) is 0 Å². The predicted molar refractivity (Wildman–Crippen MR) is 156 cm³/mol. The predicted octanol–water partition coefficient (Wildman–Crippen LogP) is 4.97. The average Bonchev–Trinajstić information content (AvgIpc) is 3.33. The third-order valence-electron chi connectivity index (χ3n) is 7.13. The monoisotopic (exact) mass is 580 g/mol. The summed E-state index contributed by atoms with van der Waals surface area (Å²) in [6.45, 7) is 9.77. The van der Waals surface area contributed by atoms with Gasteiger partial charge in [-0.3, -0.25) is 14.4 Å². The van der Waals surface area contributed by atoms with Gasteiger partial charge in [0.2, 0.25) is 11.8 Å². The highest BCUT2D eigenvalue weighted by Crippen LogP contribution is 2.37. The van der Waals surface area contributed by atoms with Crippen LogP contribution < -0.4 is 16.3 Å². The van der Waals surface area contributed by atoms with E-state index in [4.69, 9.17) is 25.5 Å². The van der Waals surface area contributed by atoms with Crippen LogP contribution in [0, 0.1) is 13.8 Å². The fourth-order valence-electron chi connectivity index (χ4n) is 4.87. The van der Waals surface area contributed by atoms with Gasteiger partial charge in [-0.2, -0.15) is 0 Å². The van der Waals surface area contributed by atoms with Gasteiger partial charge in [0.1, 0.15) is 17.2 Å². The van der Waals surface area contributed by atoms with Crippen molar-refractivity contribution in [3.8, 4) is 0 Å². The molecule has 0 fully saturated rings. The lowest BCUT2D eigenvalue weighted by molar-refractivity contribution is -0.137.